The number of aryl methyl sites for hydroxylation is 4. The van der Waals surface area contributed by atoms with E-state index in [2.05, 4.69) is 149 Å². The zero-order valence-electron chi connectivity index (χ0n) is 26.9. The Morgan fingerprint density at radius 3 is 0.870 bits per heavy atom. The third-order valence-electron chi connectivity index (χ3n) is 8.50. The van der Waals surface area contributed by atoms with Gasteiger partial charge >= 0.3 is 0 Å². The lowest BCUT2D eigenvalue weighted by molar-refractivity contribution is 0.280. The van der Waals surface area contributed by atoms with Gasteiger partial charge in [-0.1, -0.05) is 156 Å². The monoisotopic (exact) mass is 638 g/mol. The van der Waals surface area contributed by atoms with Gasteiger partial charge in [0, 0.05) is 0 Å². The van der Waals surface area contributed by atoms with Gasteiger partial charge in [-0.2, -0.15) is 0 Å². The van der Waals surface area contributed by atoms with Crippen molar-refractivity contribution in [2.75, 3.05) is 0 Å². The van der Waals surface area contributed by atoms with Gasteiger partial charge in [0.15, 0.2) is 0 Å². The van der Waals surface area contributed by atoms with Gasteiger partial charge in [0.2, 0.25) is 0 Å². The summed E-state index contributed by atoms with van der Waals surface area (Å²) in [6, 6.07) is 48.2. The molecule has 4 heteroatoms. The summed E-state index contributed by atoms with van der Waals surface area (Å²) in [6.45, 7) is 8.30. The van der Waals surface area contributed by atoms with E-state index in [1.165, 1.54) is 54.1 Å². The minimum absolute atomic E-state index is 0.0969. The van der Waals surface area contributed by atoms with E-state index >= 15 is 0 Å². The Morgan fingerprint density at radius 1 is 0.370 bits per heavy atom. The summed E-state index contributed by atoms with van der Waals surface area (Å²) in [6.07, 6.45) is 0. The molecule has 0 unspecified atom stereocenters. The fourth-order valence-corrected chi connectivity index (χ4v) is 10.9. The lowest BCUT2D eigenvalue weighted by atomic mass is 9.95. The van der Waals surface area contributed by atoms with Crippen LogP contribution in [0.4, 0.5) is 0 Å². The summed E-state index contributed by atoms with van der Waals surface area (Å²) in [5, 5.41) is 29.2. The lowest BCUT2D eigenvalue weighted by Gasteiger charge is -2.29. The first-order chi connectivity index (χ1) is 22.4. The molecule has 0 bridgehead atoms. The molecule has 6 aromatic carbocycles. The van der Waals surface area contributed by atoms with E-state index in [9.17, 15) is 10.2 Å². The summed E-state index contributed by atoms with van der Waals surface area (Å²) >= 11 is 0. The topological polar surface area (TPSA) is 40.5 Å². The number of aliphatic hydroxyl groups excluding tert-OH is 2. The van der Waals surface area contributed by atoms with Crippen LogP contribution in [0.1, 0.15) is 33.4 Å². The van der Waals surface area contributed by atoms with Gasteiger partial charge in [0.1, 0.15) is 0 Å². The molecule has 0 aliphatic rings. The highest BCUT2D eigenvalue weighted by atomic mass is 31.1. The third-order valence-corrected chi connectivity index (χ3v) is 13.5. The van der Waals surface area contributed by atoms with Crippen molar-refractivity contribution in [2.24, 2.45) is 0 Å². The van der Waals surface area contributed by atoms with Crippen LogP contribution in [-0.4, -0.2) is 10.2 Å². The maximum absolute atomic E-state index is 10.9. The molecule has 0 aromatic heterocycles. The summed E-state index contributed by atoms with van der Waals surface area (Å²) < 4.78 is 0. The number of benzene rings is 6. The molecule has 0 aliphatic carbocycles. The molecule has 0 fully saturated rings. The predicted molar refractivity (Wildman–Crippen MR) is 200 cm³/mol. The van der Waals surface area contributed by atoms with Crippen molar-refractivity contribution < 1.29 is 10.2 Å². The molecule has 0 heterocycles. The third kappa shape index (κ3) is 6.64. The molecule has 0 atom stereocenters. The molecule has 0 saturated carbocycles. The van der Waals surface area contributed by atoms with Crippen LogP contribution in [0.25, 0.3) is 11.1 Å². The Balaban J connectivity index is 1.68. The van der Waals surface area contributed by atoms with Gasteiger partial charge in [0.25, 0.3) is 0 Å². The standard InChI is InChI=1S/C42H40O2P2/c1-29-11-19-35(20-12-29)45(36-21-13-30(2)14-22-36)39-9-5-7-33(27-43)41(39)42-34(28-44)8-6-10-40(42)46(37-23-15-31(3)16-24-37)38-25-17-32(4)18-26-38/h5-26,43-44H,27-28H2,1-4H3. The molecule has 6 rings (SSSR count). The second-order valence-electron chi connectivity index (χ2n) is 12.0. The molecule has 0 radical (unpaired) electrons. The average Bonchev–Trinajstić information content (AvgIpc) is 3.08. The highest BCUT2D eigenvalue weighted by Gasteiger charge is 2.28. The normalized spacial score (nSPS) is 11.4. The minimum Gasteiger partial charge on any atom is -0.392 e. The van der Waals surface area contributed by atoms with Crippen LogP contribution in [0.15, 0.2) is 133 Å². The van der Waals surface area contributed by atoms with E-state index in [0.29, 0.717) is 0 Å². The van der Waals surface area contributed by atoms with Crippen LogP contribution in [0, 0.1) is 27.7 Å². The van der Waals surface area contributed by atoms with E-state index in [4.69, 9.17) is 0 Å². The van der Waals surface area contributed by atoms with Crippen molar-refractivity contribution in [1.82, 2.24) is 0 Å². The van der Waals surface area contributed by atoms with Gasteiger partial charge < -0.3 is 10.2 Å². The smallest absolute Gasteiger partial charge is 0.0688 e. The van der Waals surface area contributed by atoms with Crippen molar-refractivity contribution in [3.05, 3.63) is 167 Å². The van der Waals surface area contributed by atoms with E-state index in [0.717, 1.165) is 22.3 Å². The molecule has 2 nitrogen and oxygen atoms in total. The molecule has 2 N–H and O–H groups in total. The van der Waals surface area contributed by atoms with E-state index in [-0.39, 0.29) is 13.2 Å². The van der Waals surface area contributed by atoms with Gasteiger partial charge in [-0.15, -0.1) is 0 Å². The zero-order valence-corrected chi connectivity index (χ0v) is 28.7. The Bertz CT molecular complexity index is 1690. The maximum atomic E-state index is 10.9. The Labute approximate surface area is 275 Å². The summed E-state index contributed by atoms with van der Waals surface area (Å²) in [7, 11) is -1.98. The van der Waals surface area contributed by atoms with Crippen LogP contribution in [0.2, 0.25) is 0 Å². The van der Waals surface area contributed by atoms with Crippen molar-refractivity contribution in [3.63, 3.8) is 0 Å². The quantitative estimate of drug-likeness (QED) is 0.166. The van der Waals surface area contributed by atoms with Crippen molar-refractivity contribution >= 4 is 47.7 Å². The molecule has 230 valence electrons. The predicted octanol–water partition coefficient (Wildman–Crippen LogP) is 7.09. The first-order valence-electron chi connectivity index (χ1n) is 15.7. The lowest BCUT2D eigenvalue weighted by Crippen LogP contribution is -2.27. The number of hydrogen-bond acceptors (Lipinski definition) is 2. The second-order valence-corrected chi connectivity index (χ2v) is 16.3. The van der Waals surface area contributed by atoms with Crippen LogP contribution in [0.5, 0.6) is 0 Å². The molecule has 0 aliphatic heterocycles. The van der Waals surface area contributed by atoms with Gasteiger partial charge in [-0.25, -0.2) is 0 Å². The molecule has 0 saturated heterocycles. The molecular formula is C42H40O2P2. The van der Waals surface area contributed by atoms with E-state index in [1.54, 1.807) is 0 Å². The van der Waals surface area contributed by atoms with Crippen molar-refractivity contribution in [2.45, 2.75) is 40.9 Å². The SMILES string of the molecule is Cc1ccc(P(c2ccc(C)cc2)c2cccc(CO)c2-c2c(CO)cccc2P(c2ccc(C)cc2)c2ccc(C)cc2)cc1. The largest absolute Gasteiger partial charge is 0.392 e. The Hall–Kier alpha value is -3.90. The summed E-state index contributed by atoms with van der Waals surface area (Å²) in [4.78, 5) is 0. The summed E-state index contributed by atoms with van der Waals surface area (Å²) in [5.41, 5.74) is 8.70. The number of hydrogen-bond donors (Lipinski definition) is 2. The number of aliphatic hydroxyl groups is 2. The van der Waals surface area contributed by atoms with Gasteiger partial charge in [-0.3, -0.25) is 0 Å². The second kappa shape index (κ2) is 14.3. The maximum Gasteiger partial charge on any atom is 0.0688 e. The molecule has 6 aromatic rings. The highest BCUT2D eigenvalue weighted by molar-refractivity contribution is 7.80. The summed E-state index contributed by atoms with van der Waals surface area (Å²) in [5.74, 6) is 0. The number of rotatable bonds is 9. The van der Waals surface area contributed by atoms with Crippen LogP contribution in [-0.2, 0) is 13.2 Å². The fourth-order valence-electron chi connectivity index (χ4n) is 6.02. The molecular weight excluding hydrogens is 598 g/mol. The van der Waals surface area contributed by atoms with Crippen molar-refractivity contribution in [1.29, 1.82) is 0 Å². The van der Waals surface area contributed by atoms with Gasteiger partial charge in [0.05, 0.1) is 13.2 Å². The van der Waals surface area contributed by atoms with Gasteiger partial charge in [-0.05, 0) is 97.6 Å². The van der Waals surface area contributed by atoms with E-state index < -0.39 is 15.8 Å². The average molecular weight is 639 g/mol. The minimum atomic E-state index is -0.989. The fraction of sp³-hybridized carbons (Fsp3) is 0.143. The van der Waals surface area contributed by atoms with Crippen LogP contribution in [0.3, 0.4) is 0 Å². The molecule has 0 spiro atoms. The van der Waals surface area contributed by atoms with Crippen LogP contribution < -0.4 is 31.8 Å². The first-order valence-corrected chi connectivity index (χ1v) is 18.4. The van der Waals surface area contributed by atoms with Crippen LogP contribution >= 0.6 is 15.8 Å². The first kappa shape index (κ1) is 32.1. The zero-order chi connectivity index (χ0) is 32.2. The molecule has 46 heavy (non-hydrogen) atoms. The Morgan fingerprint density at radius 2 is 0.630 bits per heavy atom. The molecule has 0 amide bonds. The Kier molecular flexibility index (Phi) is 9.93. The van der Waals surface area contributed by atoms with E-state index in [1.807, 2.05) is 12.1 Å². The highest BCUT2D eigenvalue weighted by Crippen LogP contribution is 2.43. The van der Waals surface area contributed by atoms with Crippen molar-refractivity contribution in [3.8, 4) is 11.1 Å².